The number of halogens is 1. The van der Waals surface area contributed by atoms with E-state index in [-0.39, 0.29) is 10.9 Å². The maximum Gasteiger partial charge on any atom is 0.245 e. The van der Waals surface area contributed by atoms with E-state index >= 15 is 0 Å². The average molecular weight is 452 g/mol. The molecule has 0 N–H and O–H groups in total. The second-order valence-corrected chi connectivity index (χ2v) is 10.1. The molecule has 2 aromatic heterocycles. The van der Waals surface area contributed by atoms with E-state index in [2.05, 4.69) is 9.55 Å². The van der Waals surface area contributed by atoms with Crippen LogP contribution in [0.3, 0.4) is 0 Å². The number of pyridine rings is 1. The summed E-state index contributed by atoms with van der Waals surface area (Å²) in [6.45, 7) is 0.907. The van der Waals surface area contributed by atoms with Gasteiger partial charge in [-0.3, -0.25) is 4.98 Å². The number of nitrogens with zero attached hydrogens (tertiary/aromatic N) is 3. The molecule has 5 rings (SSSR count). The highest BCUT2D eigenvalue weighted by Gasteiger charge is 2.39. The Morgan fingerprint density at radius 2 is 1.81 bits per heavy atom. The van der Waals surface area contributed by atoms with Crippen molar-refractivity contribution in [3.8, 4) is 0 Å². The van der Waals surface area contributed by atoms with Crippen molar-refractivity contribution >= 4 is 32.5 Å². The molecule has 7 heteroatoms. The normalized spacial score (nSPS) is 14.4. The highest BCUT2D eigenvalue weighted by atomic mass is 35.5. The standard InChI is InChI=1S/C24H22ClN3O2S/c25-22-10-2-1-6-19(22)16-27-15-5-9-21(27)17-28(20-12-13-20)31(29,30)23-11-3-7-18-8-4-14-26-24(18)23/h1-11,14-15,20H,12-13,16-17H2. The SMILES string of the molecule is O=S(=O)(c1cccc2cccnc12)N(Cc1cccn1Cc1ccccc1Cl)C1CC1. The van der Waals surface area contributed by atoms with Gasteiger partial charge in [-0.15, -0.1) is 0 Å². The summed E-state index contributed by atoms with van der Waals surface area (Å²) in [5.74, 6) is 0. The summed E-state index contributed by atoms with van der Waals surface area (Å²) < 4.78 is 31.2. The molecule has 2 aromatic carbocycles. The van der Waals surface area contributed by atoms with E-state index in [4.69, 9.17) is 11.6 Å². The van der Waals surface area contributed by atoms with E-state index in [0.717, 1.165) is 29.5 Å². The highest BCUT2D eigenvalue weighted by molar-refractivity contribution is 7.89. The second-order valence-electron chi connectivity index (χ2n) is 7.83. The predicted molar refractivity (Wildman–Crippen MR) is 122 cm³/mol. The first kappa shape index (κ1) is 20.2. The van der Waals surface area contributed by atoms with Gasteiger partial charge in [0.25, 0.3) is 0 Å². The Morgan fingerprint density at radius 1 is 1.00 bits per heavy atom. The molecule has 4 aromatic rings. The molecular formula is C24H22ClN3O2S. The third kappa shape index (κ3) is 3.99. The Balaban J connectivity index is 1.49. The van der Waals surface area contributed by atoms with Crippen LogP contribution in [-0.2, 0) is 23.1 Å². The lowest BCUT2D eigenvalue weighted by molar-refractivity contribution is 0.389. The summed E-state index contributed by atoms with van der Waals surface area (Å²) in [7, 11) is -3.71. The molecule has 0 saturated heterocycles. The summed E-state index contributed by atoms with van der Waals surface area (Å²) >= 11 is 6.34. The Kier molecular flexibility index (Phi) is 5.30. The van der Waals surface area contributed by atoms with Gasteiger partial charge in [-0.2, -0.15) is 4.31 Å². The van der Waals surface area contributed by atoms with Gasteiger partial charge in [0.1, 0.15) is 4.90 Å². The summed E-state index contributed by atoms with van der Waals surface area (Å²) in [5.41, 5.74) is 2.45. The Hall–Kier alpha value is -2.67. The third-order valence-electron chi connectivity index (χ3n) is 5.68. The number of benzene rings is 2. The Labute approximate surface area is 187 Å². The fraction of sp³-hybridized carbons (Fsp3) is 0.208. The number of hydrogen-bond acceptors (Lipinski definition) is 3. The lowest BCUT2D eigenvalue weighted by atomic mass is 10.2. The van der Waals surface area contributed by atoms with Crippen LogP contribution in [0.25, 0.3) is 10.9 Å². The molecule has 0 atom stereocenters. The van der Waals surface area contributed by atoms with Crippen molar-refractivity contribution in [3.63, 3.8) is 0 Å². The molecule has 0 unspecified atom stereocenters. The van der Waals surface area contributed by atoms with E-state index in [1.807, 2.05) is 60.8 Å². The van der Waals surface area contributed by atoms with Crippen molar-refractivity contribution in [2.24, 2.45) is 0 Å². The molecule has 0 amide bonds. The van der Waals surface area contributed by atoms with E-state index < -0.39 is 10.0 Å². The van der Waals surface area contributed by atoms with E-state index in [1.165, 1.54) is 0 Å². The first-order valence-electron chi connectivity index (χ1n) is 10.3. The molecule has 0 spiro atoms. The highest BCUT2D eigenvalue weighted by Crippen LogP contribution is 2.35. The molecular weight excluding hydrogens is 430 g/mol. The number of sulfonamides is 1. The minimum atomic E-state index is -3.71. The van der Waals surface area contributed by atoms with Crippen molar-refractivity contribution in [1.29, 1.82) is 0 Å². The number of hydrogen-bond donors (Lipinski definition) is 0. The molecule has 1 aliphatic rings. The van der Waals surface area contributed by atoms with Gasteiger partial charge in [0.05, 0.1) is 12.1 Å². The Morgan fingerprint density at radius 3 is 2.61 bits per heavy atom. The summed E-state index contributed by atoms with van der Waals surface area (Å²) in [6.07, 6.45) is 5.36. The van der Waals surface area contributed by atoms with Crippen LogP contribution in [0.2, 0.25) is 5.02 Å². The topological polar surface area (TPSA) is 55.2 Å². The summed E-state index contributed by atoms with van der Waals surface area (Å²) in [5, 5.41) is 1.53. The molecule has 1 aliphatic carbocycles. The second kappa shape index (κ2) is 8.11. The summed E-state index contributed by atoms with van der Waals surface area (Å²) in [6, 6.07) is 20.7. The average Bonchev–Trinajstić information content (AvgIpc) is 3.52. The van der Waals surface area contributed by atoms with Crippen molar-refractivity contribution in [1.82, 2.24) is 13.9 Å². The lowest BCUT2D eigenvalue weighted by Gasteiger charge is -2.23. The van der Waals surface area contributed by atoms with E-state index in [9.17, 15) is 8.42 Å². The maximum absolute atomic E-state index is 13.7. The van der Waals surface area contributed by atoms with Crippen molar-refractivity contribution in [2.75, 3.05) is 0 Å². The van der Waals surface area contributed by atoms with Crippen LogP contribution >= 0.6 is 11.6 Å². The van der Waals surface area contributed by atoms with Crippen LogP contribution in [0.5, 0.6) is 0 Å². The van der Waals surface area contributed by atoms with Gasteiger partial charge in [-0.25, -0.2) is 8.42 Å². The van der Waals surface area contributed by atoms with Crippen LogP contribution in [-0.4, -0.2) is 28.3 Å². The minimum Gasteiger partial charge on any atom is -0.346 e. The van der Waals surface area contributed by atoms with Gasteiger partial charge in [0.15, 0.2) is 0 Å². The van der Waals surface area contributed by atoms with Crippen molar-refractivity contribution in [2.45, 2.75) is 36.9 Å². The zero-order valence-electron chi connectivity index (χ0n) is 16.9. The number of rotatable bonds is 7. The van der Waals surface area contributed by atoms with Gasteiger partial charge in [0.2, 0.25) is 10.0 Å². The third-order valence-corrected chi connectivity index (χ3v) is 7.98. The molecule has 0 radical (unpaired) electrons. The van der Waals surface area contributed by atoms with Crippen LogP contribution < -0.4 is 0 Å². The molecule has 158 valence electrons. The van der Waals surface area contributed by atoms with Crippen LogP contribution in [0, 0.1) is 0 Å². The Bertz CT molecular complexity index is 1340. The zero-order chi connectivity index (χ0) is 21.4. The van der Waals surface area contributed by atoms with Gasteiger partial charge < -0.3 is 4.57 Å². The van der Waals surface area contributed by atoms with Crippen LogP contribution in [0.15, 0.2) is 84.0 Å². The molecule has 2 heterocycles. The fourth-order valence-electron chi connectivity index (χ4n) is 3.90. The molecule has 1 saturated carbocycles. The van der Waals surface area contributed by atoms with Gasteiger partial charge in [-0.05, 0) is 48.7 Å². The minimum absolute atomic E-state index is 0.0210. The van der Waals surface area contributed by atoms with Crippen molar-refractivity contribution < 1.29 is 8.42 Å². The first-order valence-corrected chi connectivity index (χ1v) is 12.1. The first-order chi connectivity index (χ1) is 15.0. The van der Waals surface area contributed by atoms with E-state index in [1.54, 1.807) is 22.6 Å². The van der Waals surface area contributed by atoms with Crippen LogP contribution in [0.1, 0.15) is 24.1 Å². The van der Waals surface area contributed by atoms with Gasteiger partial charge in [0, 0.05) is 41.1 Å². The summed E-state index contributed by atoms with van der Waals surface area (Å²) in [4.78, 5) is 4.63. The van der Waals surface area contributed by atoms with E-state index in [0.29, 0.717) is 23.6 Å². The number of fused-ring (bicyclic) bond motifs is 1. The van der Waals surface area contributed by atoms with Crippen LogP contribution in [0.4, 0.5) is 0 Å². The molecule has 0 bridgehead atoms. The monoisotopic (exact) mass is 451 g/mol. The van der Waals surface area contributed by atoms with Gasteiger partial charge >= 0.3 is 0 Å². The zero-order valence-corrected chi connectivity index (χ0v) is 18.4. The lowest BCUT2D eigenvalue weighted by Crippen LogP contribution is -2.33. The number of para-hydroxylation sites is 1. The maximum atomic E-state index is 13.7. The van der Waals surface area contributed by atoms with Gasteiger partial charge in [-0.1, -0.05) is 48.0 Å². The number of aromatic nitrogens is 2. The molecule has 31 heavy (non-hydrogen) atoms. The van der Waals surface area contributed by atoms with Crippen molar-refractivity contribution in [3.05, 3.63) is 95.4 Å². The smallest absolute Gasteiger partial charge is 0.245 e. The fourth-order valence-corrected chi connectivity index (χ4v) is 5.92. The quantitative estimate of drug-likeness (QED) is 0.393. The molecule has 1 fully saturated rings. The predicted octanol–water partition coefficient (Wildman–Crippen LogP) is 5.09. The molecule has 0 aliphatic heterocycles. The largest absolute Gasteiger partial charge is 0.346 e. The molecule has 5 nitrogen and oxygen atoms in total.